The third kappa shape index (κ3) is 1.24. The van der Waals surface area contributed by atoms with Gasteiger partial charge in [0.2, 0.25) is 0 Å². The Morgan fingerprint density at radius 1 is 1.33 bits per heavy atom. The lowest BCUT2D eigenvalue weighted by atomic mass is 9.67. The van der Waals surface area contributed by atoms with Crippen LogP contribution >= 0.6 is 0 Å². The van der Waals surface area contributed by atoms with Gasteiger partial charge in [-0.3, -0.25) is 4.79 Å². The molecule has 2 nitrogen and oxygen atoms in total. The van der Waals surface area contributed by atoms with Gasteiger partial charge in [-0.05, 0) is 38.0 Å². The lowest BCUT2D eigenvalue weighted by Gasteiger charge is -2.46. The summed E-state index contributed by atoms with van der Waals surface area (Å²) >= 11 is 0. The van der Waals surface area contributed by atoms with Crippen LogP contribution in [0.25, 0.3) is 0 Å². The molecule has 1 saturated carbocycles. The summed E-state index contributed by atoms with van der Waals surface area (Å²) in [5.74, 6) is 1.65. The molecule has 84 valence electrons. The quantitative estimate of drug-likeness (QED) is 0.612. The molecule has 0 radical (unpaired) electrons. The summed E-state index contributed by atoms with van der Waals surface area (Å²) in [5, 5.41) is 0. The average molecular weight is 208 g/mol. The van der Waals surface area contributed by atoms with Gasteiger partial charge < -0.3 is 4.74 Å². The van der Waals surface area contributed by atoms with Gasteiger partial charge in [-0.25, -0.2) is 0 Å². The van der Waals surface area contributed by atoms with Crippen molar-refractivity contribution in [3.63, 3.8) is 0 Å². The van der Waals surface area contributed by atoms with E-state index in [2.05, 4.69) is 13.8 Å². The van der Waals surface area contributed by atoms with Gasteiger partial charge in [0.1, 0.15) is 5.78 Å². The van der Waals surface area contributed by atoms with Crippen molar-refractivity contribution in [3.8, 4) is 0 Å². The highest BCUT2D eigenvalue weighted by Gasteiger charge is 2.61. The fourth-order valence-corrected chi connectivity index (χ4v) is 4.29. The first-order chi connectivity index (χ1) is 7.04. The smallest absolute Gasteiger partial charge is 0.138 e. The van der Waals surface area contributed by atoms with Crippen molar-refractivity contribution in [2.75, 3.05) is 0 Å². The normalized spacial score (nSPS) is 54.1. The zero-order chi connectivity index (χ0) is 10.7. The van der Waals surface area contributed by atoms with Crippen molar-refractivity contribution in [1.29, 1.82) is 0 Å². The lowest BCUT2D eigenvalue weighted by Crippen LogP contribution is -2.50. The molecule has 0 amide bonds. The van der Waals surface area contributed by atoms with Gasteiger partial charge in [-0.1, -0.05) is 13.3 Å². The number of ketones is 1. The van der Waals surface area contributed by atoms with E-state index in [0.29, 0.717) is 30.5 Å². The van der Waals surface area contributed by atoms with Crippen LogP contribution in [0.1, 0.15) is 52.4 Å². The van der Waals surface area contributed by atoms with Gasteiger partial charge in [0.25, 0.3) is 0 Å². The minimum Gasteiger partial charge on any atom is -0.367 e. The van der Waals surface area contributed by atoms with Gasteiger partial charge in [-0.2, -0.15) is 0 Å². The van der Waals surface area contributed by atoms with Crippen molar-refractivity contribution in [3.05, 3.63) is 0 Å². The summed E-state index contributed by atoms with van der Waals surface area (Å²) in [6, 6.07) is 0. The SMILES string of the molecule is CC1CCCC2C[C@@]3(C)CC(=O)C[C@@]12O3. The van der Waals surface area contributed by atoms with Gasteiger partial charge in [0.15, 0.2) is 0 Å². The molecule has 0 aromatic carbocycles. The number of carbonyl (C=O) groups is 1. The number of ether oxygens (including phenoxy) is 1. The second-order valence-corrected chi connectivity index (χ2v) is 6.13. The van der Waals surface area contributed by atoms with Crippen molar-refractivity contribution in [2.24, 2.45) is 11.8 Å². The first kappa shape index (κ1) is 9.83. The molecule has 2 saturated heterocycles. The maximum atomic E-state index is 11.8. The topological polar surface area (TPSA) is 26.3 Å². The number of hydrogen-bond donors (Lipinski definition) is 0. The predicted octanol–water partition coefficient (Wildman–Crippen LogP) is 2.70. The number of Topliss-reactive ketones (excluding diaryl/α,β-unsaturated/α-hetero) is 1. The van der Waals surface area contributed by atoms with Crippen LogP contribution in [0.2, 0.25) is 0 Å². The minimum absolute atomic E-state index is 0.0671. The van der Waals surface area contributed by atoms with Crippen LogP contribution in [0.15, 0.2) is 0 Å². The van der Waals surface area contributed by atoms with E-state index in [1.165, 1.54) is 19.3 Å². The number of fused-ring (bicyclic) bond motifs is 1. The van der Waals surface area contributed by atoms with E-state index in [-0.39, 0.29) is 11.2 Å². The number of carbonyl (C=O) groups excluding carboxylic acids is 1. The van der Waals surface area contributed by atoms with Crippen LogP contribution in [-0.4, -0.2) is 17.0 Å². The molecule has 3 aliphatic rings. The largest absolute Gasteiger partial charge is 0.367 e. The van der Waals surface area contributed by atoms with Crippen LogP contribution in [0.3, 0.4) is 0 Å². The Hall–Kier alpha value is -0.370. The van der Waals surface area contributed by atoms with Gasteiger partial charge in [0, 0.05) is 12.8 Å². The highest BCUT2D eigenvalue weighted by atomic mass is 16.5. The van der Waals surface area contributed by atoms with E-state index in [9.17, 15) is 4.79 Å². The monoisotopic (exact) mass is 208 g/mol. The third-order valence-corrected chi connectivity index (χ3v) is 4.87. The highest BCUT2D eigenvalue weighted by molar-refractivity contribution is 5.82. The summed E-state index contributed by atoms with van der Waals surface area (Å²) in [4.78, 5) is 11.8. The van der Waals surface area contributed by atoms with E-state index >= 15 is 0 Å². The molecule has 15 heavy (non-hydrogen) atoms. The molecular weight excluding hydrogens is 188 g/mol. The molecule has 1 aliphatic carbocycles. The van der Waals surface area contributed by atoms with E-state index in [0.717, 1.165) is 6.42 Å². The Bertz CT molecular complexity index is 312. The predicted molar refractivity (Wildman–Crippen MR) is 57.6 cm³/mol. The second kappa shape index (κ2) is 2.85. The summed E-state index contributed by atoms with van der Waals surface area (Å²) < 4.78 is 6.34. The van der Waals surface area contributed by atoms with Crippen molar-refractivity contribution in [2.45, 2.75) is 63.6 Å². The van der Waals surface area contributed by atoms with E-state index in [1.807, 2.05) is 0 Å². The van der Waals surface area contributed by atoms with E-state index in [4.69, 9.17) is 4.74 Å². The Balaban J connectivity index is 2.01. The average Bonchev–Trinajstić information content (AvgIpc) is 2.33. The van der Waals surface area contributed by atoms with E-state index in [1.54, 1.807) is 0 Å². The fraction of sp³-hybridized carbons (Fsp3) is 0.923. The van der Waals surface area contributed by atoms with Crippen LogP contribution in [0.5, 0.6) is 0 Å². The lowest BCUT2D eigenvalue weighted by molar-refractivity contribution is -0.180. The Labute approximate surface area is 91.4 Å². The molecule has 4 atom stereocenters. The minimum atomic E-state index is -0.126. The molecule has 0 aromatic heterocycles. The maximum Gasteiger partial charge on any atom is 0.138 e. The van der Waals surface area contributed by atoms with Crippen LogP contribution < -0.4 is 0 Å². The molecule has 3 fully saturated rings. The van der Waals surface area contributed by atoms with Crippen molar-refractivity contribution >= 4 is 5.78 Å². The molecule has 2 heteroatoms. The summed E-state index contributed by atoms with van der Waals surface area (Å²) in [5.41, 5.74) is -0.194. The van der Waals surface area contributed by atoms with E-state index < -0.39 is 0 Å². The van der Waals surface area contributed by atoms with Crippen LogP contribution in [-0.2, 0) is 9.53 Å². The number of rotatable bonds is 0. The van der Waals surface area contributed by atoms with Crippen molar-refractivity contribution in [1.82, 2.24) is 0 Å². The zero-order valence-corrected chi connectivity index (χ0v) is 9.71. The van der Waals surface area contributed by atoms with Crippen LogP contribution in [0.4, 0.5) is 0 Å². The molecule has 0 N–H and O–H groups in total. The molecule has 2 bridgehead atoms. The first-order valence-electron chi connectivity index (χ1n) is 6.26. The first-order valence-corrected chi connectivity index (χ1v) is 6.26. The van der Waals surface area contributed by atoms with Gasteiger partial charge in [0.05, 0.1) is 11.2 Å². The summed E-state index contributed by atoms with van der Waals surface area (Å²) in [6.07, 6.45) is 6.28. The Morgan fingerprint density at radius 2 is 2.13 bits per heavy atom. The third-order valence-electron chi connectivity index (χ3n) is 4.87. The molecule has 3 rings (SSSR count). The van der Waals surface area contributed by atoms with Crippen molar-refractivity contribution < 1.29 is 9.53 Å². The Morgan fingerprint density at radius 3 is 2.93 bits per heavy atom. The number of hydrogen-bond acceptors (Lipinski definition) is 2. The molecule has 0 aromatic rings. The molecule has 2 heterocycles. The fourth-order valence-electron chi connectivity index (χ4n) is 4.29. The molecular formula is C13H20O2. The summed E-state index contributed by atoms with van der Waals surface area (Å²) in [7, 11) is 0. The maximum absolute atomic E-state index is 11.8. The Kier molecular flexibility index (Phi) is 1.87. The standard InChI is InChI=1S/C13H20O2/c1-9-4-3-5-10-6-12(2)7-11(14)8-13(9,10)15-12/h9-10H,3-8H2,1-2H3/t9?,10?,12-,13+/m0/s1. The molecule has 1 spiro atoms. The van der Waals surface area contributed by atoms with Gasteiger partial charge >= 0.3 is 0 Å². The van der Waals surface area contributed by atoms with Crippen LogP contribution in [0, 0.1) is 11.8 Å². The summed E-state index contributed by atoms with van der Waals surface area (Å²) in [6.45, 7) is 4.41. The highest BCUT2D eigenvalue weighted by Crippen LogP contribution is 2.58. The zero-order valence-electron chi connectivity index (χ0n) is 9.71. The van der Waals surface area contributed by atoms with Gasteiger partial charge in [-0.15, -0.1) is 0 Å². The second-order valence-electron chi connectivity index (χ2n) is 6.13. The molecule has 2 unspecified atom stereocenters. The molecule has 2 aliphatic heterocycles.